The van der Waals surface area contributed by atoms with E-state index in [1.807, 2.05) is 24.4 Å². The summed E-state index contributed by atoms with van der Waals surface area (Å²) in [5.41, 5.74) is 0. The van der Waals surface area contributed by atoms with Gasteiger partial charge in [-0.25, -0.2) is 0 Å². The molecule has 1 aromatic heterocycles. The number of aliphatic carboxylic acids is 1. The highest BCUT2D eigenvalue weighted by Gasteiger charge is 2.21. The molecule has 2 unspecified atom stereocenters. The molecule has 0 aliphatic rings. The van der Waals surface area contributed by atoms with Crippen molar-refractivity contribution < 1.29 is 14.6 Å². The summed E-state index contributed by atoms with van der Waals surface area (Å²) < 4.78 is 4.89. The molecule has 0 amide bonds. The van der Waals surface area contributed by atoms with Crippen LogP contribution in [0.2, 0.25) is 0 Å². The second-order valence-electron chi connectivity index (χ2n) is 3.49. The van der Waals surface area contributed by atoms with Crippen molar-refractivity contribution in [3.63, 3.8) is 0 Å². The van der Waals surface area contributed by atoms with E-state index in [9.17, 15) is 4.79 Å². The average Bonchev–Trinajstić information content (AvgIpc) is 2.77. The molecule has 0 radical (unpaired) electrons. The lowest BCUT2D eigenvalue weighted by Gasteiger charge is -2.20. The summed E-state index contributed by atoms with van der Waals surface area (Å²) >= 11 is 1.63. The van der Waals surface area contributed by atoms with Crippen molar-refractivity contribution in [3.05, 3.63) is 22.4 Å². The third-order valence-corrected chi connectivity index (χ3v) is 3.31. The van der Waals surface area contributed by atoms with E-state index in [0.717, 1.165) is 11.3 Å². The molecule has 1 aromatic rings. The molecule has 5 heteroatoms. The van der Waals surface area contributed by atoms with Gasteiger partial charge in [-0.2, -0.15) is 0 Å². The predicted octanol–water partition coefficient (Wildman–Crippen LogP) is 1.89. The van der Waals surface area contributed by atoms with Crippen LogP contribution >= 0.6 is 11.3 Å². The zero-order valence-corrected chi connectivity index (χ0v) is 10.3. The Hall–Kier alpha value is -0.910. The molecule has 1 rings (SSSR count). The highest BCUT2D eigenvalue weighted by molar-refractivity contribution is 7.10. The van der Waals surface area contributed by atoms with Crippen molar-refractivity contribution in [2.75, 3.05) is 13.7 Å². The fourth-order valence-corrected chi connectivity index (χ4v) is 2.36. The fourth-order valence-electron chi connectivity index (χ4n) is 1.49. The summed E-state index contributed by atoms with van der Waals surface area (Å²) in [6, 6.07) is 3.40. The number of rotatable bonds is 7. The van der Waals surface area contributed by atoms with Crippen LogP contribution in [-0.4, -0.2) is 30.8 Å². The van der Waals surface area contributed by atoms with Crippen molar-refractivity contribution in [2.45, 2.75) is 25.4 Å². The van der Waals surface area contributed by atoms with E-state index in [-0.39, 0.29) is 12.6 Å². The monoisotopic (exact) mass is 243 g/mol. The van der Waals surface area contributed by atoms with Crippen molar-refractivity contribution in [1.29, 1.82) is 0 Å². The van der Waals surface area contributed by atoms with Gasteiger partial charge in [-0.15, -0.1) is 11.3 Å². The van der Waals surface area contributed by atoms with Crippen molar-refractivity contribution in [1.82, 2.24) is 5.32 Å². The number of hydrogen-bond donors (Lipinski definition) is 2. The number of hydrogen-bond acceptors (Lipinski definition) is 4. The van der Waals surface area contributed by atoms with Gasteiger partial charge in [0, 0.05) is 18.0 Å². The largest absolute Gasteiger partial charge is 0.480 e. The SMILES string of the molecule is CCC(NC(COC)C(=O)O)c1cccs1. The van der Waals surface area contributed by atoms with Gasteiger partial charge in [0.15, 0.2) is 0 Å². The smallest absolute Gasteiger partial charge is 0.323 e. The summed E-state index contributed by atoms with van der Waals surface area (Å²) in [7, 11) is 1.50. The molecule has 16 heavy (non-hydrogen) atoms. The topological polar surface area (TPSA) is 58.6 Å². The second kappa shape index (κ2) is 6.62. The van der Waals surface area contributed by atoms with Crippen LogP contribution in [0.15, 0.2) is 17.5 Å². The summed E-state index contributed by atoms with van der Waals surface area (Å²) in [6.45, 7) is 2.21. The minimum absolute atomic E-state index is 0.0799. The van der Waals surface area contributed by atoms with Crippen molar-refractivity contribution in [2.24, 2.45) is 0 Å². The molecular weight excluding hydrogens is 226 g/mol. The molecule has 0 spiro atoms. The molecule has 1 heterocycles. The van der Waals surface area contributed by atoms with Gasteiger partial charge < -0.3 is 9.84 Å². The maximum Gasteiger partial charge on any atom is 0.323 e. The Morgan fingerprint density at radius 2 is 2.44 bits per heavy atom. The molecular formula is C11H17NO3S. The van der Waals surface area contributed by atoms with Crippen LogP contribution in [-0.2, 0) is 9.53 Å². The van der Waals surface area contributed by atoms with Crippen LogP contribution in [0.25, 0.3) is 0 Å². The van der Waals surface area contributed by atoms with E-state index in [4.69, 9.17) is 9.84 Å². The van der Waals surface area contributed by atoms with Crippen molar-refractivity contribution in [3.8, 4) is 0 Å². The van der Waals surface area contributed by atoms with E-state index in [1.165, 1.54) is 7.11 Å². The first-order chi connectivity index (χ1) is 7.69. The van der Waals surface area contributed by atoms with Gasteiger partial charge in [-0.05, 0) is 17.9 Å². The van der Waals surface area contributed by atoms with Crippen LogP contribution in [0, 0.1) is 0 Å². The molecule has 2 atom stereocenters. The third-order valence-electron chi connectivity index (χ3n) is 2.33. The first-order valence-corrected chi connectivity index (χ1v) is 6.08. The summed E-state index contributed by atoms with van der Waals surface area (Å²) in [6.07, 6.45) is 0.855. The molecule has 0 fully saturated rings. The van der Waals surface area contributed by atoms with Crippen LogP contribution in [0.5, 0.6) is 0 Å². The number of methoxy groups -OCH3 is 1. The second-order valence-corrected chi connectivity index (χ2v) is 4.47. The van der Waals surface area contributed by atoms with Crippen LogP contribution in [0.1, 0.15) is 24.3 Å². The quantitative estimate of drug-likeness (QED) is 0.767. The Bertz CT molecular complexity index is 313. The summed E-state index contributed by atoms with van der Waals surface area (Å²) in [5, 5.41) is 14.1. The van der Waals surface area contributed by atoms with Crippen molar-refractivity contribution >= 4 is 17.3 Å². The number of thiophene rings is 1. The number of carboxylic acid groups (broad SMARTS) is 1. The normalized spacial score (nSPS) is 14.6. The molecule has 0 aromatic carbocycles. The van der Waals surface area contributed by atoms with Gasteiger partial charge in [-0.1, -0.05) is 13.0 Å². The third kappa shape index (κ3) is 3.59. The summed E-state index contributed by atoms with van der Waals surface area (Å²) in [4.78, 5) is 12.1. The van der Waals surface area contributed by atoms with Crippen LogP contribution in [0.3, 0.4) is 0 Å². The average molecular weight is 243 g/mol. The first kappa shape index (κ1) is 13.2. The van der Waals surface area contributed by atoms with E-state index in [1.54, 1.807) is 11.3 Å². The van der Waals surface area contributed by atoms with Gasteiger partial charge in [-0.3, -0.25) is 10.1 Å². The van der Waals surface area contributed by atoms with E-state index in [0.29, 0.717) is 0 Å². The minimum Gasteiger partial charge on any atom is -0.480 e. The number of carboxylic acids is 1. The molecule has 2 N–H and O–H groups in total. The predicted molar refractivity (Wildman–Crippen MR) is 63.8 cm³/mol. The molecule has 90 valence electrons. The fraction of sp³-hybridized carbons (Fsp3) is 0.545. The lowest BCUT2D eigenvalue weighted by Crippen LogP contribution is -2.42. The molecule has 0 saturated carbocycles. The lowest BCUT2D eigenvalue weighted by atomic mass is 10.1. The Balaban J connectivity index is 2.64. The zero-order valence-electron chi connectivity index (χ0n) is 9.47. The standard InChI is InChI=1S/C11H17NO3S/c1-3-8(10-5-4-6-16-10)12-9(7-15-2)11(13)14/h4-6,8-9,12H,3,7H2,1-2H3,(H,13,14). The highest BCUT2D eigenvalue weighted by Crippen LogP contribution is 2.22. The number of ether oxygens (including phenoxy) is 1. The first-order valence-electron chi connectivity index (χ1n) is 5.20. The van der Waals surface area contributed by atoms with E-state index < -0.39 is 12.0 Å². The highest BCUT2D eigenvalue weighted by atomic mass is 32.1. The Morgan fingerprint density at radius 3 is 2.88 bits per heavy atom. The Morgan fingerprint density at radius 1 is 1.69 bits per heavy atom. The maximum absolute atomic E-state index is 11.0. The molecule has 0 aliphatic heterocycles. The van der Waals surface area contributed by atoms with Gasteiger partial charge in [0.2, 0.25) is 0 Å². The van der Waals surface area contributed by atoms with Crippen LogP contribution < -0.4 is 5.32 Å². The summed E-state index contributed by atoms with van der Waals surface area (Å²) in [5.74, 6) is -0.878. The molecule has 0 bridgehead atoms. The van der Waals surface area contributed by atoms with Gasteiger partial charge in [0.25, 0.3) is 0 Å². The number of nitrogens with one attached hydrogen (secondary N) is 1. The zero-order chi connectivity index (χ0) is 12.0. The van der Waals surface area contributed by atoms with Gasteiger partial charge >= 0.3 is 5.97 Å². The van der Waals surface area contributed by atoms with Gasteiger partial charge in [0.05, 0.1) is 6.61 Å². The van der Waals surface area contributed by atoms with E-state index >= 15 is 0 Å². The Labute approximate surface area is 99.2 Å². The Kier molecular flexibility index (Phi) is 5.45. The minimum atomic E-state index is -0.878. The van der Waals surface area contributed by atoms with Gasteiger partial charge in [0.1, 0.15) is 6.04 Å². The van der Waals surface area contributed by atoms with E-state index in [2.05, 4.69) is 5.32 Å². The van der Waals surface area contributed by atoms with Crippen LogP contribution in [0.4, 0.5) is 0 Å². The molecule has 4 nitrogen and oxygen atoms in total. The molecule has 0 aliphatic carbocycles. The molecule has 0 saturated heterocycles. The maximum atomic E-state index is 11.0. The number of carbonyl (C=O) groups is 1. The lowest BCUT2D eigenvalue weighted by molar-refractivity contribution is -0.141.